The third-order valence-corrected chi connectivity index (χ3v) is 6.51. The van der Waals surface area contributed by atoms with Gasteiger partial charge in [-0.1, -0.05) is 12.8 Å². The average molecular weight is 429 g/mol. The summed E-state index contributed by atoms with van der Waals surface area (Å²) in [5.74, 6) is 0.332. The van der Waals surface area contributed by atoms with Gasteiger partial charge >= 0.3 is 6.18 Å². The summed E-state index contributed by atoms with van der Waals surface area (Å²) in [5, 5.41) is 16.4. The lowest BCUT2D eigenvalue weighted by Crippen LogP contribution is -2.56. The van der Waals surface area contributed by atoms with E-state index in [4.69, 9.17) is 16.3 Å². The Kier molecular flexibility index (Phi) is 6.57. The summed E-state index contributed by atoms with van der Waals surface area (Å²) < 4.78 is 46.6. The van der Waals surface area contributed by atoms with Gasteiger partial charge in [0.2, 0.25) is 0 Å². The van der Waals surface area contributed by atoms with Crippen molar-refractivity contribution in [3.05, 3.63) is 0 Å². The summed E-state index contributed by atoms with van der Waals surface area (Å²) >= 11 is 6.41. The molecule has 0 spiro atoms. The molecule has 1 aliphatic carbocycles. The van der Waals surface area contributed by atoms with Crippen molar-refractivity contribution in [2.24, 2.45) is 5.92 Å². The minimum Gasteiger partial charge on any atom is -0.364 e. The summed E-state index contributed by atoms with van der Waals surface area (Å²) in [5.41, 5.74) is -0.850. The van der Waals surface area contributed by atoms with Crippen LogP contribution >= 0.6 is 11.6 Å². The molecule has 0 bridgehead atoms. The van der Waals surface area contributed by atoms with Crippen molar-refractivity contribution in [3.63, 3.8) is 0 Å². The van der Waals surface area contributed by atoms with Crippen LogP contribution in [0, 0.1) is 5.92 Å². The Morgan fingerprint density at radius 1 is 1.18 bits per heavy atom. The van der Waals surface area contributed by atoms with E-state index in [1.54, 1.807) is 20.8 Å². The van der Waals surface area contributed by atoms with Crippen molar-refractivity contribution in [1.29, 1.82) is 0 Å². The maximum absolute atomic E-state index is 13.6. The second kappa shape index (κ2) is 8.17. The predicted molar refractivity (Wildman–Crippen MR) is 100 cm³/mol. The van der Waals surface area contributed by atoms with Crippen LogP contribution in [0.25, 0.3) is 0 Å². The fourth-order valence-corrected chi connectivity index (χ4v) is 4.95. The first-order valence-corrected chi connectivity index (χ1v) is 10.4. The zero-order valence-electron chi connectivity index (χ0n) is 16.9. The molecule has 3 aliphatic rings. The SMILES string of the molecule is CN1C(C(F)(F)F)N(C(C)(C)C)C(O)N1CCN[C@@H]1OC1C1CCCCC1Cl. The van der Waals surface area contributed by atoms with Crippen LogP contribution in [0.15, 0.2) is 0 Å². The van der Waals surface area contributed by atoms with Crippen LogP contribution in [0.5, 0.6) is 0 Å². The zero-order valence-corrected chi connectivity index (χ0v) is 17.7. The molecule has 28 heavy (non-hydrogen) atoms. The molecular formula is C18H32ClF3N4O2. The molecule has 2 N–H and O–H groups in total. The van der Waals surface area contributed by atoms with E-state index >= 15 is 0 Å². The molecule has 2 saturated heterocycles. The lowest BCUT2D eigenvalue weighted by molar-refractivity contribution is -0.228. The van der Waals surface area contributed by atoms with Crippen LogP contribution in [-0.4, -0.2) is 82.1 Å². The fourth-order valence-electron chi connectivity index (χ4n) is 4.53. The van der Waals surface area contributed by atoms with Crippen molar-refractivity contribution >= 4 is 11.6 Å². The topological polar surface area (TPSA) is 54.5 Å². The van der Waals surface area contributed by atoms with E-state index in [-0.39, 0.29) is 24.3 Å². The van der Waals surface area contributed by atoms with E-state index in [0.29, 0.717) is 12.5 Å². The number of aliphatic hydroxyl groups excluding tert-OH is 1. The van der Waals surface area contributed by atoms with Crippen molar-refractivity contribution in [1.82, 2.24) is 20.2 Å². The number of alkyl halides is 4. The number of epoxide rings is 1. The van der Waals surface area contributed by atoms with E-state index < -0.39 is 24.2 Å². The highest BCUT2D eigenvalue weighted by molar-refractivity contribution is 6.20. The molecule has 0 aromatic heterocycles. The molecule has 2 aliphatic heterocycles. The summed E-state index contributed by atoms with van der Waals surface area (Å²) in [6.07, 6.45) is -3.35. The Balaban J connectivity index is 1.54. The summed E-state index contributed by atoms with van der Waals surface area (Å²) in [6.45, 7) is 5.64. The molecule has 10 heteroatoms. The van der Waals surface area contributed by atoms with E-state index in [2.05, 4.69) is 5.32 Å². The smallest absolute Gasteiger partial charge is 0.364 e. The molecule has 3 rings (SSSR count). The van der Waals surface area contributed by atoms with Crippen LogP contribution in [0.1, 0.15) is 46.5 Å². The number of hydrazine groups is 1. The van der Waals surface area contributed by atoms with Crippen molar-refractivity contribution in [2.75, 3.05) is 20.1 Å². The maximum atomic E-state index is 13.6. The molecule has 0 aromatic carbocycles. The Labute approximate surface area is 169 Å². The molecule has 2 heterocycles. The molecule has 3 fully saturated rings. The maximum Gasteiger partial charge on any atom is 0.418 e. The number of rotatable bonds is 5. The lowest BCUT2D eigenvalue weighted by Gasteiger charge is -2.38. The predicted octanol–water partition coefficient (Wildman–Crippen LogP) is 2.53. The molecule has 0 amide bonds. The number of hydrogen-bond acceptors (Lipinski definition) is 6. The van der Waals surface area contributed by atoms with Crippen molar-refractivity contribution in [2.45, 2.75) is 88.4 Å². The van der Waals surface area contributed by atoms with Gasteiger partial charge in [-0.05, 0) is 33.6 Å². The van der Waals surface area contributed by atoms with Crippen LogP contribution in [-0.2, 0) is 4.74 Å². The number of ether oxygens (including phenoxy) is 1. The van der Waals surface area contributed by atoms with Gasteiger partial charge in [-0.2, -0.15) is 18.2 Å². The number of nitrogens with zero attached hydrogens (tertiary/aromatic N) is 3. The Bertz CT molecular complexity index is 522. The average Bonchev–Trinajstić information content (AvgIpc) is 3.27. The monoisotopic (exact) mass is 428 g/mol. The minimum absolute atomic E-state index is 0.0815. The van der Waals surface area contributed by atoms with Gasteiger partial charge in [0, 0.05) is 37.0 Å². The molecule has 164 valence electrons. The molecule has 1 saturated carbocycles. The van der Waals surface area contributed by atoms with Crippen molar-refractivity contribution < 1.29 is 23.0 Å². The summed E-state index contributed by atoms with van der Waals surface area (Å²) in [6, 6.07) is 0. The highest BCUT2D eigenvalue weighted by Crippen LogP contribution is 2.41. The Morgan fingerprint density at radius 2 is 1.82 bits per heavy atom. The molecule has 6 atom stereocenters. The van der Waals surface area contributed by atoms with Gasteiger partial charge in [0.1, 0.15) is 12.3 Å². The first kappa shape index (κ1) is 22.5. The first-order valence-electron chi connectivity index (χ1n) is 9.98. The Morgan fingerprint density at radius 3 is 2.36 bits per heavy atom. The van der Waals surface area contributed by atoms with Gasteiger partial charge in [0.15, 0.2) is 12.5 Å². The van der Waals surface area contributed by atoms with Gasteiger partial charge in [-0.15, -0.1) is 11.6 Å². The number of hydrogen-bond donors (Lipinski definition) is 2. The van der Waals surface area contributed by atoms with E-state index in [0.717, 1.165) is 35.6 Å². The second-order valence-electron chi connectivity index (χ2n) is 9.02. The van der Waals surface area contributed by atoms with Crippen LogP contribution in [0.3, 0.4) is 0 Å². The van der Waals surface area contributed by atoms with Gasteiger partial charge < -0.3 is 9.84 Å². The summed E-state index contributed by atoms with van der Waals surface area (Å²) in [7, 11) is 1.36. The highest BCUT2D eigenvalue weighted by atomic mass is 35.5. The van der Waals surface area contributed by atoms with Gasteiger partial charge in [0.05, 0.1) is 0 Å². The highest BCUT2D eigenvalue weighted by Gasteiger charge is 2.59. The zero-order chi connectivity index (χ0) is 20.9. The molecule has 5 unspecified atom stereocenters. The standard InChI is InChI=1S/C18H32ClF3N4O2/c1-17(2,3)26-15(18(20,21)22)24(4)25(16(26)27)10-9-23-14-13(28-14)11-7-5-6-8-12(11)19/h11-16,23,27H,5-10H2,1-4H3/t11?,12?,13?,14-,15?,16?/m1/s1. The number of aliphatic hydroxyl groups is 1. The van der Waals surface area contributed by atoms with Gasteiger partial charge in [0.25, 0.3) is 0 Å². The molecule has 6 nitrogen and oxygen atoms in total. The molecular weight excluding hydrogens is 397 g/mol. The van der Waals surface area contributed by atoms with Crippen LogP contribution in [0.4, 0.5) is 13.2 Å². The fraction of sp³-hybridized carbons (Fsp3) is 1.00. The Hall–Kier alpha value is -0.160. The first-order chi connectivity index (χ1) is 12.9. The number of halogens is 4. The molecule has 0 aromatic rings. The third kappa shape index (κ3) is 4.61. The third-order valence-electron chi connectivity index (χ3n) is 5.97. The molecule has 0 radical (unpaired) electrons. The van der Waals surface area contributed by atoms with Crippen molar-refractivity contribution in [3.8, 4) is 0 Å². The van der Waals surface area contributed by atoms with Gasteiger partial charge in [-0.3, -0.25) is 5.32 Å². The van der Waals surface area contributed by atoms with Crippen LogP contribution < -0.4 is 5.32 Å². The van der Waals surface area contributed by atoms with E-state index in [9.17, 15) is 18.3 Å². The summed E-state index contributed by atoms with van der Waals surface area (Å²) in [4.78, 5) is 1.09. The van der Waals surface area contributed by atoms with E-state index in [1.807, 2.05) is 0 Å². The van der Waals surface area contributed by atoms with Crippen LogP contribution in [0.2, 0.25) is 0 Å². The van der Waals surface area contributed by atoms with E-state index in [1.165, 1.54) is 12.1 Å². The minimum atomic E-state index is -4.48. The lowest BCUT2D eigenvalue weighted by atomic mass is 9.86. The normalized spacial score (nSPS) is 38.9. The number of nitrogens with one attached hydrogen (secondary N) is 1. The van der Waals surface area contributed by atoms with Gasteiger partial charge in [-0.25, -0.2) is 9.91 Å². The second-order valence-corrected chi connectivity index (χ2v) is 9.58. The largest absolute Gasteiger partial charge is 0.418 e. The quantitative estimate of drug-likeness (QED) is 0.518.